The second-order valence-corrected chi connectivity index (χ2v) is 18.2. The normalized spacial score (nSPS) is 17.3. The molecule has 0 saturated carbocycles. The van der Waals surface area contributed by atoms with Crippen LogP contribution in [-0.2, 0) is 43.9 Å². The molecule has 22 heteroatoms. The van der Waals surface area contributed by atoms with Crippen molar-refractivity contribution in [1.29, 1.82) is 0 Å². The summed E-state index contributed by atoms with van der Waals surface area (Å²) in [5.74, 6) is -3.93. The van der Waals surface area contributed by atoms with Gasteiger partial charge in [0.25, 0.3) is 11.8 Å². The highest BCUT2D eigenvalue weighted by Crippen LogP contribution is 2.43. The smallest absolute Gasteiger partial charge is 0.477 e. The van der Waals surface area contributed by atoms with Crippen LogP contribution in [0, 0.1) is 0 Å². The molecule has 3 aromatic carbocycles. The Morgan fingerprint density at radius 2 is 1.49 bits per heavy atom. The Balaban J connectivity index is 1.39. The Morgan fingerprint density at radius 3 is 1.98 bits per heavy atom. The first kappa shape index (κ1) is 44.6. The number of nitrogens with zero attached hydrogens (tertiary/aromatic N) is 3. The second kappa shape index (κ2) is 17.6. The minimum Gasteiger partial charge on any atom is -0.477 e. The van der Waals surface area contributed by atoms with Crippen LogP contribution < -0.4 is 10.6 Å². The minimum absolute atomic E-state index is 0.0900. The number of thioether (sulfide) groups is 1. The predicted molar refractivity (Wildman–Crippen MR) is 219 cm³/mol. The van der Waals surface area contributed by atoms with Gasteiger partial charge in [-0.3, -0.25) is 19.8 Å². The van der Waals surface area contributed by atoms with E-state index in [2.05, 4.69) is 25.0 Å². The van der Waals surface area contributed by atoms with Gasteiger partial charge >= 0.3 is 27.7 Å². The van der Waals surface area contributed by atoms with Gasteiger partial charge in [0, 0.05) is 22.4 Å². The number of anilines is 1. The number of carbonyl (C=O) groups is 4. The number of aliphatic carboxylic acids is 1. The molecule has 2 aliphatic heterocycles. The number of halogens is 4. The summed E-state index contributed by atoms with van der Waals surface area (Å²) in [6.45, 7) is 4.95. The molecule has 320 valence electrons. The maximum atomic E-state index is 14.4. The van der Waals surface area contributed by atoms with Crippen molar-refractivity contribution in [3.8, 4) is 0 Å². The number of amides is 3. The van der Waals surface area contributed by atoms with Gasteiger partial charge in [0.1, 0.15) is 39.0 Å². The minimum atomic E-state index is -6.04. The third kappa shape index (κ3) is 9.54. The average Bonchev–Trinajstić information content (AvgIpc) is 3.56. The van der Waals surface area contributed by atoms with Gasteiger partial charge < -0.3 is 24.2 Å². The van der Waals surface area contributed by atoms with E-state index in [9.17, 15) is 45.9 Å². The van der Waals surface area contributed by atoms with Gasteiger partial charge in [-0.05, 0) is 32.4 Å². The maximum Gasteiger partial charge on any atom is 0.534 e. The fraction of sp³-hybridized carbons (Fsp3) is 0.231. The van der Waals surface area contributed by atoms with E-state index in [0.29, 0.717) is 22.8 Å². The summed E-state index contributed by atoms with van der Waals surface area (Å²) in [4.78, 5) is 64.8. The Bertz CT molecular complexity index is 2440. The van der Waals surface area contributed by atoms with E-state index in [1.54, 1.807) is 112 Å². The average molecular weight is 920 g/mol. The van der Waals surface area contributed by atoms with E-state index >= 15 is 0 Å². The molecule has 3 heterocycles. The second-order valence-electron chi connectivity index (χ2n) is 13.9. The molecule has 1 aromatic heterocycles. The molecule has 15 nitrogen and oxygen atoms in total. The van der Waals surface area contributed by atoms with Crippen molar-refractivity contribution in [3.63, 3.8) is 0 Å². The van der Waals surface area contributed by atoms with Gasteiger partial charge in [-0.25, -0.2) is 14.6 Å². The Hall–Kier alpha value is -5.90. The highest BCUT2D eigenvalue weighted by Gasteiger charge is 2.55. The molecule has 2 atom stereocenters. The third-order valence-corrected chi connectivity index (χ3v) is 12.1. The Kier molecular flexibility index (Phi) is 12.9. The SMILES string of the molecule is CC(C)(C)OC(=O)Nc1nc(C(=NOC(c2ccccc2)(c2ccccc2)c2ccccc2)C(=O)N[C@@H]2C(=O)N3C(C(=O)O)=C(C=COS(=O)(=O)C(F)(F)F)CS[C@H]23)c(Cl)s1. The zero-order valence-corrected chi connectivity index (χ0v) is 35.1. The van der Waals surface area contributed by atoms with E-state index in [4.69, 9.17) is 21.2 Å². The third-order valence-electron chi connectivity index (χ3n) is 8.67. The summed E-state index contributed by atoms with van der Waals surface area (Å²) >= 11 is 8.35. The van der Waals surface area contributed by atoms with Crippen molar-refractivity contribution in [2.75, 3.05) is 11.1 Å². The van der Waals surface area contributed by atoms with Crippen LogP contribution in [0.3, 0.4) is 0 Å². The quantitative estimate of drug-likeness (QED) is 0.0237. The van der Waals surface area contributed by atoms with Gasteiger partial charge in [0.2, 0.25) is 5.60 Å². The fourth-order valence-electron chi connectivity index (χ4n) is 6.09. The fourth-order valence-corrected chi connectivity index (χ4v) is 8.75. The van der Waals surface area contributed by atoms with Crippen molar-refractivity contribution in [3.05, 3.63) is 141 Å². The summed E-state index contributed by atoms with van der Waals surface area (Å²) in [5, 5.41) is 18.3. The van der Waals surface area contributed by atoms with E-state index in [0.717, 1.165) is 28.0 Å². The number of benzene rings is 3. The molecule has 3 amide bonds. The molecule has 0 unspecified atom stereocenters. The number of nitrogens with one attached hydrogen (secondary N) is 2. The number of oxime groups is 1. The lowest BCUT2D eigenvalue weighted by Crippen LogP contribution is -2.71. The first-order valence-electron chi connectivity index (χ1n) is 17.7. The number of β-lactam (4-membered cyclic amide) rings is 1. The molecule has 6 rings (SSSR count). The number of carboxylic acids is 1. The van der Waals surface area contributed by atoms with Crippen molar-refractivity contribution in [2.24, 2.45) is 5.16 Å². The van der Waals surface area contributed by atoms with E-state index in [1.165, 1.54) is 0 Å². The zero-order valence-electron chi connectivity index (χ0n) is 31.9. The van der Waals surface area contributed by atoms with Gasteiger partial charge in [-0.1, -0.05) is 119 Å². The van der Waals surface area contributed by atoms with Crippen LogP contribution >= 0.6 is 34.7 Å². The van der Waals surface area contributed by atoms with Gasteiger partial charge in [0.15, 0.2) is 10.8 Å². The summed E-state index contributed by atoms with van der Waals surface area (Å²) in [6, 6.07) is 25.5. The Labute approximate surface area is 359 Å². The number of aromatic nitrogens is 1. The summed E-state index contributed by atoms with van der Waals surface area (Å²) in [5.41, 5.74) is -8.13. The van der Waals surface area contributed by atoms with Crippen LogP contribution in [0.15, 0.2) is 120 Å². The molecular weight excluding hydrogens is 887 g/mol. The first-order chi connectivity index (χ1) is 28.7. The molecule has 0 bridgehead atoms. The topological polar surface area (TPSA) is 203 Å². The standard InChI is InChI=1S/C39H33ClF3N5O10S3/c1-37(2,3)57-36(53)46-35-45-26(30(40)60-35)27(47-58-38(23-13-7-4-8-14-23,24-15-9-5-10-16-24)25-17-11-6-12-18-25)31(49)44-28-32(50)48-29(34(51)52)22(21-59-33(28)48)19-20-56-61(54,55)39(41,42)43/h4-20,28,33H,21H2,1-3H3,(H,44,49)(H,51,52)(H,45,46,53)/t28-,33-/m1/s1. The zero-order chi connectivity index (χ0) is 44.3. The van der Waals surface area contributed by atoms with Crippen molar-refractivity contribution >= 4 is 79.5 Å². The molecule has 61 heavy (non-hydrogen) atoms. The molecule has 4 aromatic rings. The molecule has 0 aliphatic carbocycles. The number of rotatable bonds is 13. The maximum absolute atomic E-state index is 14.4. The number of carboxylic acid groups (broad SMARTS) is 1. The molecule has 0 spiro atoms. The molecular formula is C39H33ClF3N5O10S3. The molecule has 1 fully saturated rings. The van der Waals surface area contributed by atoms with Crippen molar-refractivity contribution in [1.82, 2.24) is 15.2 Å². The largest absolute Gasteiger partial charge is 0.534 e. The van der Waals surface area contributed by atoms with Crippen LogP contribution in [0.2, 0.25) is 4.34 Å². The van der Waals surface area contributed by atoms with Crippen LogP contribution in [-0.4, -0.2) is 81.3 Å². The monoisotopic (exact) mass is 919 g/mol. The number of thiazole rings is 1. The van der Waals surface area contributed by atoms with Crippen LogP contribution in [0.5, 0.6) is 0 Å². The number of carbonyl (C=O) groups excluding carboxylic acids is 3. The van der Waals surface area contributed by atoms with Crippen LogP contribution in [0.1, 0.15) is 43.2 Å². The highest BCUT2D eigenvalue weighted by molar-refractivity contribution is 8.00. The van der Waals surface area contributed by atoms with Crippen molar-refractivity contribution in [2.45, 2.75) is 48.9 Å². The Morgan fingerprint density at radius 1 is 0.951 bits per heavy atom. The van der Waals surface area contributed by atoms with Gasteiger partial charge in [-0.15, -0.1) is 11.8 Å². The van der Waals surface area contributed by atoms with Gasteiger partial charge in [0.05, 0.1) is 0 Å². The first-order valence-corrected chi connectivity index (χ1v) is 21.4. The summed E-state index contributed by atoms with van der Waals surface area (Å²) in [6.07, 6.45) is -0.0412. The van der Waals surface area contributed by atoms with Crippen LogP contribution in [0.4, 0.5) is 23.1 Å². The number of allylic oxidation sites excluding steroid dienone is 1. The number of ether oxygens (including phenoxy) is 1. The summed E-state index contributed by atoms with van der Waals surface area (Å²) in [7, 11) is -6.04. The lowest BCUT2D eigenvalue weighted by molar-refractivity contribution is -0.150. The number of alkyl halides is 3. The predicted octanol–water partition coefficient (Wildman–Crippen LogP) is 6.97. The van der Waals surface area contributed by atoms with E-state index in [1.807, 2.05) is 0 Å². The van der Waals surface area contributed by atoms with Crippen molar-refractivity contribution < 1.29 is 59.6 Å². The number of hydrogen-bond donors (Lipinski definition) is 3. The van der Waals surface area contributed by atoms with Crippen LogP contribution in [0.25, 0.3) is 0 Å². The van der Waals surface area contributed by atoms with Gasteiger partial charge in [-0.2, -0.15) is 21.6 Å². The lowest BCUT2D eigenvalue weighted by atomic mass is 9.80. The number of hydrogen-bond acceptors (Lipinski definition) is 13. The summed E-state index contributed by atoms with van der Waals surface area (Å²) < 4.78 is 70.0. The number of fused-ring (bicyclic) bond motifs is 1. The molecule has 3 N–H and O–H groups in total. The molecule has 1 saturated heterocycles. The lowest BCUT2D eigenvalue weighted by Gasteiger charge is -2.49. The molecule has 2 aliphatic rings. The van der Waals surface area contributed by atoms with E-state index in [-0.39, 0.29) is 32.7 Å². The molecule has 0 radical (unpaired) electrons. The van der Waals surface area contributed by atoms with E-state index < -0.39 is 73.5 Å². The highest BCUT2D eigenvalue weighted by atomic mass is 35.5.